The number of fused-ring (bicyclic) bond motifs is 1. The van der Waals surface area contributed by atoms with Crippen LogP contribution in [0, 0.1) is 11.6 Å². The average molecular weight is 318 g/mol. The van der Waals surface area contributed by atoms with Crippen LogP contribution in [0.15, 0.2) is 42.5 Å². The molecular weight excluding hydrogens is 302 g/mol. The highest BCUT2D eigenvalue weighted by molar-refractivity contribution is 7.80. The Kier molecular flexibility index (Phi) is 4.34. The summed E-state index contributed by atoms with van der Waals surface area (Å²) in [6, 6.07) is 12.1. The van der Waals surface area contributed by atoms with Crippen molar-refractivity contribution in [1.29, 1.82) is 0 Å². The van der Waals surface area contributed by atoms with Gasteiger partial charge in [0.25, 0.3) is 0 Å². The standard InChI is InChI=1S/C17H16F2N2S/c18-14-9-8-12(10-15(14)19)20-17(22)21-16-7-3-5-11-4-1-2-6-13(11)16/h1-2,4,6,8-10,16H,3,5,7H2,(H2,20,21,22)/t16-/m0/s1. The zero-order chi connectivity index (χ0) is 15.5. The number of hydrogen-bond acceptors (Lipinski definition) is 1. The SMILES string of the molecule is Fc1ccc(NC(=S)N[C@H]2CCCc3ccccc32)cc1F. The van der Waals surface area contributed by atoms with Gasteiger partial charge < -0.3 is 10.6 Å². The zero-order valence-corrected chi connectivity index (χ0v) is 12.7. The van der Waals surface area contributed by atoms with Crippen molar-refractivity contribution in [1.82, 2.24) is 5.32 Å². The molecule has 2 aromatic carbocycles. The van der Waals surface area contributed by atoms with Crippen LogP contribution in [0.3, 0.4) is 0 Å². The van der Waals surface area contributed by atoms with E-state index in [-0.39, 0.29) is 6.04 Å². The zero-order valence-electron chi connectivity index (χ0n) is 11.9. The van der Waals surface area contributed by atoms with Crippen molar-refractivity contribution < 1.29 is 8.78 Å². The summed E-state index contributed by atoms with van der Waals surface area (Å²) < 4.78 is 26.1. The number of aryl methyl sites for hydroxylation is 1. The lowest BCUT2D eigenvalue weighted by Crippen LogP contribution is -2.34. The molecule has 0 amide bonds. The molecule has 2 aromatic rings. The second-order valence-corrected chi connectivity index (χ2v) is 5.78. The fourth-order valence-corrected chi connectivity index (χ4v) is 3.06. The van der Waals surface area contributed by atoms with E-state index >= 15 is 0 Å². The van der Waals surface area contributed by atoms with Crippen molar-refractivity contribution >= 4 is 23.0 Å². The minimum atomic E-state index is -0.893. The number of benzene rings is 2. The van der Waals surface area contributed by atoms with E-state index in [0.717, 1.165) is 31.4 Å². The first-order valence-electron chi connectivity index (χ1n) is 7.24. The van der Waals surface area contributed by atoms with Crippen LogP contribution in [0.25, 0.3) is 0 Å². The van der Waals surface area contributed by atoms with Crippen LogP contribution >= 0.6 is 12.2 Å². The maximum absolute atomic E-state index is 13.2. The van der Waals surface area contributed by atoms with Gasteiger partial charge in [0.05, 0.1) is 6.04 Å². The van der Waals surface area contributed by atoms with Crippen LogP contribution < -0.4 is 10.6 Å². The molecule has 0 fully saturated rings. The molecular formula is C17H16F2N2S. The Bertz CT molecular complexity index is 703. The molecule has 0 aliphatic heterocycles. The van der Waals surface area contributed by atoms with Crippen molar-refractivity contribution in [2.24, 2.45) is 0 Å². The van der Waals surface area contributed by atoms with Crippen molar-refractivity contribution in [2.75, 3.05) is 5.32 Å². The number of thiocarbonyl (C=S) groups is 1. The summed E-state index contributed by atoms with van der Waals surface area (Å²) in [5, 5.41) is 6.57. The van der Waals surface area contributed by atoms with Gasteiger partial charge in [0.1, 0.15) is 0 Å². The van der Waals surface area contributed by atoms with Gasteiger partial charge in [-0.15, -0.1) is 0 Å². The molecule has 22 heavy (non-hydrogen) atoms. The summed E-state index contributed by atoms with van der Waals surface area (Å²) in [6.45, 7) is 0. The van der Waals surface area contributed by atoms with E-state index in [4.69, 9.17) is 12.2 Å². The minimum Gasteiger partial charge on any atom is -0.356 e. The summed E-state index contributed by atoms with van der Waals surface area (Å²) in [5.41, 5.74) is 3.02. The molecule has 0 saturated carbocycles. The Morgan fingerprint density at radius 2 is 1.91 bits per heavy atom. The number of anilines is 1. The number of rotatable bonds is 2. The summed E-state index contributed by atoms with van der Waals surface area (Å²) >= 11 is 5.28. The minimum absolute atomic E-state index is 0.148. The molecule has 0 aromatic heterocycles. The molecule has 1 aliphatic rings. The number of hydrogen-bond donors (Lipinski definition) is 2. The predicted octanol–water partition coefficient (Wildman–Crippen LogP) is 4.33. The first kappa shape index (κ1) is 14.9. The molecule has 0 spiro atoms. The number of halogens is 2. The average Bonchev–Trinajstić information content (AvgIpc) is 2.51. The van der Waals surface area contributed by atoms with Gasteiger partial charge >= 0.3 is 0 Å². The Morgan fingerprint density at radius 1 is 1.09 bits per heavy atom. The maximum atomic E-state index is 13.2. The molecule has 2 N–H and O–H groups in total. The van der Waals surface area contributed by atoms with E-state index < -0.39 is 11.6 Å². The van der Waals surface area contributed by atoms with Crippen LogP contribution in [0.1, 0.15) is 30.0 Å². The smallest absolute Gasteiger partial charge is 0.171 e. The molecule has 114 valence electrons. The van der Waals surface area contributed by atoms with E-state index in [9.17, 15) is 8.78 Å². The van der Waals surface area contributed by atoms with E-state index in [2.05, 4.69) is 22.8 Å². The van der Waals surface area contributed by atoms with Gasteiger partial charge in [0.15, 0.2) is 16.7 Å². The molecule has 0 heterocycles. The van der Waals surface area contributed by atoms with E-state index in [1.165, 1.54) is 17.2 Å². The maximum Gasteiger partial charge on any atom is 0.171 e. The fourth-order valence-electron chi connectivity index (χ4n) is 2.80. The van der Waals surface area contributed by atoms with Crippen LogP contribution in [0.4, 0.5) is 14.5 Å². The van der Waals surface area contributed by atoms with Crippen LogP contribution in [-0.2, 0) is 6.42 Å². The van der Waals surface area contributed by atoms with E-state index in [1.54, 1.807) is 0 Å². The van der Waals surface area contributed by atoms with Gasteiger partial charge in [-0.1, -0.05) is 24.3 Å². The van der Waals surface area contributed by atoms with Crippen LogP contribution in [0.5, 0.6) is 0 Å². The molecule has 2 nitrogen and oxygen atoms in total. The van der Waals surface area contributed by atoms with Crippen molar-refractivity contribution in [2.45, 2.75) is 25.3 Å². The van der Waals surface area contributed by atoms with Gasteiger partial charge in [-0.2, -0.15) is 0 Å². The Hall–Kier alpha value is -2.01. The summed E-state index contributed by atoms with van der Waals surface area (Å²) in [6.07, 6.45) is 3.18. The highest BCUT2D eigenvalue weighted by Crippen LogP contribution is 2.29. The highest BCUT2D eigenvalue weighted by atomic mass is 32.1. The van der Waals surface area contributed by atoms with Gasteiger partial charge in [-0.25, -0.2) is 8.78 Å². The monoisotopic (exact) mass is 318 g/mol. The third-order valence-corrected chi connectivity index (χ3v) is 4.07. The highest BCUT2D eigenvalue weighted by Gasteiger charge is 2.20. The van der Waals surface area contributed by atoms with Crippen LogP contribution in [-0.4, -0.2) is 5.11 Å². The largest absolute Gasteiger partial charge is 0.356 e. The summed E-state index contributed by atoms with van der Waals surface area (Å²) in [5.74, 6) is -1.76. The van der Waals surface area contributed by atoms with Gasteiger partial charge in [0.2, 0.25) is 0 Å². The van der Waals surface area contributed by atoms with Gasteiger partial charge in [-0.05, 0) is 54.7 Å². The molecule has 5 heteroatoms. The third-order valence-electron chi connectivity index (χ3n) is 3.85. The molecule has 0 saturated heterocycles. The van der Waals surface area contributed by atoms with Crippen LogP contribution in [0.2, 0.25) is 0 Å². The second-order valence-electron chi connectivity index (χ2n) is 5.37. The predicted molar refractivity (Wildman–Crippen MR) is 87.8 cm³/mol. The molecule has 3 rings (SSSR count). The van der Waals surface area contributed by atoms with Crippen molar-refractivity contribution in [3.05, 3.63) is 65.2 Å². The summed E-state index contributed by atoms with van der Waals surface area (Å²) in [4.78, 5) is 0. The summed E-state index contributed by atoms with van der Waals surface area (Å²) in [7, 11) is 0. The van der Waals surface area contributed by atoms with E-state index in [0.29, 0.717) is 10.8 Å². The Labute approximate surface area is 133 Å². The lowest BCUT2D eigenvalue weighted by Gasteiger charge is -2.27. The lowest BCUT2D eigenvalue weighted by atomic mass is 9.88. The Balaban J connectivity index is 1.69. The molecule has 1 atom stereocenters. The molecule has 0 unspecified atom stereocenters. The first-order valence-corrected chi connectivity index (χ1v) is 7.64. The number of nitrogens with one attached hydrogen (secondary N) is 2. The third kappa shape index (κ3) is 3.25. The molecule has 0 bridgehead atoms. The topological polar surface area (TPSA) is 24.1 Å². The Morgan fingerprint density at radius 3 is 2.73 bits per heavy atom. The fraction of sp³-hybridized carbons (Fsp3) is 0.235. The van der Waals surface area contributed by atoms with Crippen molar-refractivity contribution in [3.63, 3.8) is 0 Å². The lowest BCUT2D eigenvalue weighted by molar-refractivity contribution is 0.509. The normalized spacial score (nSPS) is 16.7. The van der Waals surface area contributed by atoms with Crippen molar-refractivity contribution in [3.8, 4) is 0 Å². The molecule has 1 aliphatic carbocycles. The van der Waals surface area contributed by atoms with Gasteiger partial charge in [0, 0.05) is 11.8 Å². The second kappa shape index (κ2) is 6.40. The first-order chi connectivity index (χ1) is 10.6. The van der Waals surface area contributed by atoms with Gasteiger partial charge in [-0.3, -0.25) is 0 Å². The molecule has 0 radical (unpaired) electrons. The quantitative estimate of drug-likeness (QED) is 0.806. The van der Waals surface area contributed by atoms with E-state index in [1.807, 2.05) is 12.1 Å².